The van der Waals surface area contributed by atoms with E-state index in [1.54, 1.807) is 35.1 Å². The Labute approximate surface area is 247 Å². The number of carboxylic acid groups (broad SMARTS) is 1. The largest absolute Gasteiger partial charge is 0.481 e. The lowest BCUT2D eigenvalue weighted by atomic mass is 10.1. The van der Waals surface area contributed by atoms with Crippen LogP contribution in [0.4, 0.5) is 5.82 Å². The van der Waals surface area contributed by atoms with Gasteiger partial charge in [0.15, 0.2) is 5.78 Å². The fourth-order valence-electron chi connectivity index (χ4n) is 5.59. The third kappa shape index (κ3) is 6.88. The Morgan fingerprint density at radius 2 is 2.02 bits per heavy atom. The van der Waals surface area contributed by atoms with E-state index in [4.69, 9.17) is 21.7 Å². The van der Waals surface area contributed by atoms with E-state index in [-0.39, 0.29) is 24.7 Å². The van der Waals surface area contributed by atoms with Gasteiger partial charge in [-0.15, -0.1) is 22.7 Å². The zero-order valence-corrected chi connectivity index (χ0v) is 25.3. The van der Waals surface area contributed by atoms with E-state index in [1.807, 2.05) is 11.4 Å². The Morgan fingerprint density at radius 1 is 1.18 bits per heavy atom. The second-order valence-electron chi connectivity index (χ2n) is 10.5. The number of nitrogens with zero attached hydrogens (tertiary/aromatic N) is 6. The van der Waals surface area contributed by atoms with E-state index in [9.17, 15) is 9.59 Å². The van der Waals surface area contributed by atoms with E-state index in [2.05, 4.69) is 38.5 Å². The van der Waals surface area contributed by atoms with Crippen molar-refractivity contribution in [2.45, 2.75) is 64.6 Å². The predicted octanol–water partition coefficient (Wildman–Crippen LogP) is 5.10. The second-order valence-corrected chi connectivity index (χ2v) is 13.0. The van der Waals surface area contributed by atoms with Crippen LogP contribution in [0.25, 0.3) is 10.6 Å². The van der Waals surface area contributed by atoms with Crippen molar-refractivity contribution in [1.29, 1.82) is 0 Å². The van der Waals surface area contributed by atoms with Crippen LogP contribution < -0.4 is 4.90 Å². The topological polar surface area (TPSA) is 103 Å². The molecule has 40 heavy (non-hydrogen) atoms. The van der Waals surface area contributed by atoms with E-state index >= 15 is 0 Å². The van der Waals surface area contributed by atoms with Crippen LogP contribution >= 0.6 is 34.3 Å². The molecule has 3 aromatic heterocycles. The number of aromatic nitrogens is 3. The molecular formula is C28H35ClN6O3S2. The number of carbonyl (C=O) groups is 2. The van der Waals surface area contributed by atoms with Gasteiger partial charge in [0.05, 0.1) is 40.8 Å². The number of piperazine rings is 1. The first-order valence-corrected chi connectivity index (χ1v) is 15.9. The van der Waals surface area contributed by atoms with Crippen LogP contribution in [0.5, 0.6) is 0 Å². The summed E-state index contributed by atoms with van der Waals surface area (Å²) in [5.74, 6) is -0.154. The number of rotatable bonds is 11. The summed E-state index contributed by atoms with van der Waals surface area (Å²) < 4.78 is 0. The third-order valence-corrected chi connectivity index (χ3v) is 10.1. The van der Waals surface area contributed by atoms with Crippen molar-refractivity contribution in [3.63, 3.8) is 0 Å². The smallest absolute Gasteiger partial charge is 0.304 e. The van der Waals surface area contributed by atoms with Gasteiger partial charge < -0.3 is 10.0 Å². The van der Waals surface area contributed by atoms with E-state index < -0.39 is 5.97 Å². The highest BCUT2D eigenvalue weighted by Crippen LogP contribution is 2.36. The Kier molecular flexibility index (Phi) is 9.47. The molecule has 12 heteroatoms. The second kappa shape index (κ2) is 13.0. The summed E-state index contributed by atoms with van der Waals surface area (Å²) in [5, 5.41) is 12.4. The summed E-state index contributed by atoms with van der Waals surface area (Å²) >= 11 is 9.43. The number of hydrogen-bond acceptors (Lipinski definition) is 10. The molecule has 2 fully saturated rings. The molecule has 0 spiro atoms. The first kappa shape index (κ1) is 29.1. The molecule has 0 aliphatic carbocycles. The average molecular weight is 603 g/mol. The lowest BCUT2D eigenvalue weighted by Gasteiger charge is -2.40. The summed E-state index contributed by atoms with van der Waals surface area (Å²) in [7, 11) is 0. The Bertz CT molecular complexity index is 1330. The van der Waals surface area contributed by atoms with Crippen LogP contribution in [0.2, 0.25) is 5.02 Å². The highest BCUT2D eigenvalue weighted by Gasteiger charge is 2.27. The number of anilines is 1. The quantitative estimate of drug-likeness (QED) is 0.300. The van der Waals surface area contributed by atoms with Gasteiger partial charge in [-0.2, -0.15) is 0 Å². The number of thiophene rings is 1. The number of aliphatic carboxylic acids is 1. The maximum Gasteiger partial charge on any atom is 0.304 e. The SMILES string of the molecule is CC[C@@H]1CCCN1Cc1sc(CC(=O)c2cnc(N3CCN(CCC(=O)O)[C@H](C)C3)cn2)nc1-c1cc(Cl)cs1. The molecular weight excluding hydrogens is 568 g/mol. The Balaban J connectivity index is 1.25. The molecule has 0 aromatic carbocycles. The Hall–Kier alpha value is -2.44. The Morgan fingerprint density at radius 3 is 2.70 bits per heavy atom. The number of carbonyl (C=O) groups excluding carboxylic acids is 1. The van der Waals surface area contributed by atoms with Crippen molar-refractivity contribution in [2.75, 3.05) is 37.6 Å². The molecule has 5 rings (SSSR count). The van der Waals surface area contributed by atoms with Crippen LogP contribution in [-0.4, -0.2) is 86.4 Å². The number of likely N-dealkylation sites (tertiary alicyclic amines) is 1. The van der Waals surface area contributed by atoms with E-state index in [0.29, 0.717) is 23.3 Å². The highest BCUT2D eigenvalue weighted by atomic mass is 35.5. The van der Waals surface area contributed by atoms with Gasteiger partial charge in [0.1, 0.15) is 16.5 Å². The van der Waals surface area contributed by atoms with Crippen molar-refractivity contribution in [3.05, 3.63) is 44.4 Å². The number of thiazole rings is 1. The molecule has 0 bridgehead atoms. The van der Waals surface area contributed by atoms with Crippen molar-refractivity contribution < 1.29 is 14.7 Å². The lowest BCUT2D eigenvalue weighted by molar-refractivity contribution is -0.137. The molecule has 2 saturated heterocycles. The van der Waals surface area contributed by atoms with Gasteiger partial charge in [-0.1, -0.05) is 18.5 Å². The maximum atomic E-state index is 13.2. The standard InChI is InChI=1S/C28H35ClN6O3S2/c1-3-20-5-4-7-34(20)16-24-28(23-11-19(29)17-39-23)32-26(40-24)12-22(36)21-13-31-25(14-30-21)35-10-9-33(18(2)15-35)8-6-27(37)38/h11,13-14,17-18,20H,3-10,12,15-16H2,1-2H3,(H,37,38)/t18-,20-/m1/s1. The maximum absolute atomic E-state index is 13.2. The molecule has 214 valence electrons. The minimum atomic E-state index is -0.779. The molecule has 0 saturated carbocycles. The van der Waals surface area contributed by atoms with Gasteiger partial charge in [0.25, 0.3) is 0 Å². The molecule has 2 atom stereocenters. The minimum absolute atomic E-state index is 0.102. The first-order valence-electron chi connectivity index (χ1n) is 13.8. The van der Waals surface area contributed by atoms with Gasteiger partial charge in [-0.05, 0) is 38.8 Å². The van der Waals surface area contributed by atoms with Crippen molar-refractivity contribution in [2.24, 2.45) is 0 Å². The minimum Gasteiger partial charge on any atom is -0.481 e. The van der Waals surface area contributed by atoms with Gasteiger partial charge in [-0.25, -0.2) is 15.0 Å². The molecule has 0 amide bonds. The molecule has 1 N–H and O–H groups in total. The predicted molar refractivity (Wildman–Crippen MR) is 160 cm³/mol. The molecule has 5 heterocycles. The van der Waals surface area contributed by atoms with Crippen LogP contribution in [0.3, 0.4) is 0 Å². The highest BCUT2D eigenvalue weighted by molar-refractivity contribution is 7.15. The third-order valence-electron chi connectivity index (χ3n) is 7.80. The molecule has 0 unspecified atom stereocenters. The van der Waals surface area contributed by atoms with Gasteiger partial charge in [0.2, 0.25) is 0 Å². The zero-order chi connectivity index (χ0) is 28.2. The number of carboxylic acids is 1. The van der Waals surface area contributed by atoms with Crippen molar-refractivity contribution in [3.8, 4) is 10.6 Å². The fourth-order valence-corrected chi connectivity index (χ4v) is 7.86. The number of hydrogen-bond donors (Lipinski definition) is 1. The summed E-state index contributed by atoms with van der Waals surface area (Å²) in [6.45, 7) is 9.03. The number of Topliss-reactive ketones (excluding diaryl/α,β-unsaturated/α-hetero) is 1. The summed E-state index contributed by atoms with van der Waals surface area (Å²) in [6, 6.07) is 2.75. The van der Waals surface area contributed by atoms with Crippen LogP contribution in [0, 0.1) is 0 Å². The number of ketones is 1. The van der Waals surface area contributed by atoms with E-state index in [1.165, 1.54) is 17.7 Å². The van der Waals surface area contributed by atoms with Gasteiger partial charge in [-0.3, -0.25) is 19.4 Å². The van der Waals surface area contributed by atoms with Crippen LogP contribution in [-0.2, 0) is 17.8 Å². The molecule has 9 nitrogen and oxygen atoms in total. The molecule has 3 aromatic rings. The summed E-state index contributed by atoms with van der Waals surface area (Å²) in [6.07, 6.45) is 7.13. The van der Waals surface area contributed by atoms with Crippen molar-refractivity contribution in [1.82, 2.24) is 24.8 Å². The van der Waals surface area contributed by atoms with Gasteiger partial charge in [0, 0.05) is 55.1 Å². The molecule has 2 aliphatic heterocycles. The van der Waals surface area contributed by atoms with Crippen LogP contribution in [0.15, 0.2) is 23.8 Å². The molecule has 0 radical (unpaired) electrons. The van der Waals surface area contributed by atoms with Crippen molar-refractivity contribution >= 4 is 51.8 Å². The zero-order valence-electron chi connectivity index (χ0n) is 22.9. The lowest BCUT2D eigenvalue weighted by Crippen LogP contribution is -2.52. The van der Waals surface area contributed by atoms with E-state index in [0.717, 1.165) is 60.5 Å². The summed E-state index contributed by atoms with van der Waals surface area (Å²) in [5.41, 5.74) is 1.27. The number of halogens is 1. The molecule has 2 aliphatic rings. The van der Waals surface area contributed by atoms with Gasteiger partial charge >= 0.3 is 5.97 Å². The first-order chi connectivity index (χ1) is 19.3. The average Bonchev–Trinajstić information content (AvgIpc) is 3.68. The fraction of sp³-hybridized carbons (Fsp3) is 0.536. The van der Waals surface area contributed by atoms with Crippen LogP contribution in [0.1, 0.15) is 59.9 Å². The summed E-state index contributed by atoms with van der Waals surface area (Å²) in [4.78, 5) is 47.1. The monoisotopic (exact) mass is 602 g/mol. The normalized spacial score (nSPS) is 20.3.